The molecule has 0 spiro atoms. The largest absolute Gasteiger partial charge is 0.449 e. The van der Waals surface area contributed by atoms with Crippen LogP contribution in [0.2, 0.25) is 0 Å². The van der Waals surface area contributed by atoms with E-state index in [4.69, 9.17) is 9.47 Å². The van der Waals surface area contributed by atoms with Crippen LogP contribution in [-0.2, 0) is 28.7 Å². The molecule has 0 radical (unpaired) electrons. The smallest absolute Gasteiger partial charge is 0.407 e. The molecule has 0 aromatic carbocycles. The summed E-state index contributed by atoms with van der Waals surface area (Å²) in [7, 11) is 0. The van der Waals surface area contributed by atoms with Gasteiger partial charge >= 0.3 is 12.2 Å². The second kappa shape index (κ2) is 30.6. The minimum atomic E-state index is -0.715. The highest BCUT2D eigenvalue weighted by atomic mass is 16.6. The van der Waals surface area contributed by atoms with Crippen molar-refractivity contribution in [3.63, 3.8) is 0 Å². The van der Waals surface area contributed by atoms with Crippen LogP contribution in [0.4, 0.5) is 9.59 Å². The van der Waals surface area contributed by atoms with Gasteiger partial charge in [-0.25, -0.2) is 38.9 Å². The molecule has 14 heteroatoms. The van der Waals surface area contributed by atoms with Crippen molar-refractivity contribution >= 4 is 36.3 Å². The van der Waals surface area contributed by atoms with Crippen molar-refractivity contribution in [3.8, 4) is 0 Å². The van der Waals surface area contributed by atoms with Gasteiger partial charge in [-0.15, -0.1) is 0 Å². The Kier molecular flexibility index (Phi) is 27.9. The van der Waals surface area contributed by atoms with Gasteiger partial charge in [0, 0.05) is 25.6 Å². The zero-order valence-electron chi connectivity index (χ0n) is 26.1. The van der Waals surface area contributed by atoms with Gasteiger partial charge in [-0.05, 0) is 44.9 Å². The Hall–Kier alpha value is -3.85. The minimum Gasteiger partial charge on any atom is -0.449 e. The Morgan fingerprint density at radius 2 is 0.955 bits per heavy atom. The van der Waals surface area contributed by atoms with Crippen LogP contribution in [0.5, 0.6) is 0 Å². The lowest BCUT2D eigenvalue weighted by Crippen LogP contribution is -2.41. The molecule has 2 unspecified atom stereocenters. The molecule has 14 nitrogen and oxygen atoms in total. The number of carbonyl (C=O) groups is 3. The van der Waals surface area contributed by atoms with Gasteiger partial charge in [0.15, 0.2) is 0 Å². The molecule has 0 saturated heterocycles. The fourth-order valence-corrected chi connectivity index (χ4v) is 4.26. The van der Waals surface area contributed by atoms with Gasteiger partial charge in [-0.2, -0.15) is 0 Å². The fourth-order valence-electron chi connectivity index (χ4n) is 4.26. The average Bonchev–Trinajstić information content (AvgIpc) is 3.02. The Bertz CT molecular complexity index is 930. The first-order valence-electron chi connectivity index (χ1n) is 15.7. The molecule has 0 fully saturated rings. The summed E-state index contributed by atoms with van der Waals surface area (Å²) in [5.74, 6) is -1.37. The van der Waals surface area contributed by atoms with Crippen LogP contribution in [0, 0.1) is 11.8 Å². The van der Waals surface area contributed by atoms with E-state index in [1.165, 1.54) is 18.2 Å². The Morgan fingerprint density at radius 3 is 1.36 bits per heavy atom. The van der Waals surface area contributed by atoms with Crippen molar-refractivity contribution < 1.29 is 38.2 Å². The lowest BCUT2D eigenvalue weighted by atomic mass is 9.90. The predicted molar refractivity (Wildman–Crippen MR) is 163 cm³/mol. The van der Waals surface area contributed by atoms with Gasteiger partial charge in [0.2, 0.25) is 24.1 Å². The van der Waals surface area contributed by atoms with Crippen molar-refractivity contribution in [2.24, 2.45) is 26.8 Å². The van der Waals surface area contributed by atoms with Crippen molar-refractivity contribution in [3.05, 3.63) is 0 Å². The maximum atomic E-state index is 13.1. The normalized spacial score (nSPS) is 11.5. The molecule has 0 aliphatic rings. The Labute approximate surface area is 260 Å². The quantitative estimate of drug-likeness (QED) is 0.0664. The zero-order chi connectivity index (χ0) is 32.5. The number of amides is 3. The summed E-state index contributed by atoms with van der Waals surface area (Å²) in [6, 6.07) is 0. The molecule has 0 saturated carbocycles. The molecule has 3 N–H and O–H groups in total. The number of aliphatic imine (C=N–C) groups is 3. The third-order valence-corrected chi connectivity index (χ3v) is 6.87. The molecule has 0 bridgehead atoms. The van der Waals surface area contributed by atoms with E-state index in [0.717, 1.165) is 77.0 Å². The number of hydrogen-bond donors (Lipinski definition) is 3. The van der Waals surface area contributed by atoms with Gasteiger partial charge in [0.05, 0.1) is 32.2 Å². The summed E-state index contributed by atoms with van der Waals surface area (Å²) in [6.07, 6.45) is 13.6. The fraction of sp³-hybridized carbons (Fsp3) is 0.800. The molecular weight excluding hydrogens is 572 g/mol. The lowest BCUT2D eigenvalue weighted by molar-refractivity contribution is -0.129. The molecule has 0 rings (SSSR count). The van der Waals surface area contributed by atoms with Crippen molar-refractivity contribution in [2.45, 2.75) is 90.4 Å². The molecule has 44 heavy (non-hydrogen) atoms. The molecule has 3 amide bonds. The van der Waals surface area contributed by atoms with Crippen LogP contribution >= 0.6 is 0 Å². The number of nitrogens with one attached hydrogen (secondary N) is 3. The van der Waals surface area contributed by atoms with E-state index in [1.807, 2.05) is 6.92 Å². The minimum absolute atomic E-state index is 0.0134. The van der Waals surface area contributed by atoms with Gasteiger partial charge in [0.1, 0.15) is 6.61 Å². The maximum Gasteiger partial charge on any atom is 0.407 e. The molecule has 2 atom stereocenters. The lowest BCUT2D eigenvalue weighted by Gasteiger charge is -2.25. The van der Waals surface area contributed by atoms with E-state index in [0.29, 0.717) is 45.7 Å². The van der Waals surface area contributed by atoms with Crippen LogP contribution in [0.25, 0.3) is 0 Å². The zero-order valence-corrected chi connectivity index (χ0v) is 26.1. The average molecular weight is 623 g/mol. The van der Waals surface area contributed by atoms with E-state index in [-0.39, 0.29) is 25.0 Å². The molecule has 0 aromatic rings. The van der Waals surface area contributed by atoms with E-state index in [2.05, 4.69) is 30.9 Å². The maximum absolute atomic E-state index is 13.1. The van der Waals surface area contributed by atoms with Crippen LogP contribution in [0.15, 0.2) is 15.0 Å². The van der Waals surface area contributed by atoms with Gasteiger partial charge in [0.25, 0.3) is 0 Å². The molecule has 0 aliphatic heterocycles. The highest BCUT2D eigenvalue weighted by molar-refractivity contribution is 5.79. The molecular formula is C30H50N6O8. The second-order valence-corrected chi connectivity index (χ2v) is 10.3. The molecule has 248 valence electrons. The van der Waals surface area contributed by atoms with Crippen LogP contribution < -0.4 is 16.0 Å². The third-order valence-electron chi connectivity index (χ3n) is 6.87. The number of isocyanates is 3. The Morgan fingerprint density at radius 1 is 0.568 bits per heavy atom. The third kappa shape index (κ3) is 24.7. The van der Waals surface area contributed by atoms with E-state index < -0.39 is 18.1 Å². The molecule has 0 aromatic heterocycles. The van der Waals surface area contributed by atoms with Crippen LogP contribution in [0.1, 0.15) is 90.4 Å². The number of ether oxygens (including phenoxy) is 2. The summed E-state index contributed by atoms with van der Waals surface area (Å²) in [5.41, 5.74) is 0. The summed E-state index contributed by atoms with van der Waals surface area (Å²) < 4.78 is 10.8. The molecule has 0 aliphatic carbocycles. The number of rotatable bonds is 28. The summed E-state index contributed by atoms with van der Waals surface area (Å²) >= 11 is 0. The summed E-state index contributed by atoms with van der Waals surface area (Å²) in [4.78, 5) is 78.5. The number of alkyl carbamates (subject to hydrolysis) is 2. The van der Waals surface area contributed by atoms with Crippen LogP contribution in [0.3, 0.4) is 0 Å². The SMILES string of the molecule is CCC(COC(=O)NCCCCCCN=C=O)C(COC(=O)NCCCCCCN=C=O)C(=O)NCCCCCCN=C=O. The van der Waals surface area contributed by atoms with Gasteiger partial charge in [-0.1, -0.05) is 45.4 Å². The van der Waals surface area contributed by atoms with E-state index in [1.54, 1.807) is 0 Å². The van der Waals surface area contributed by atoms with Crippen LogP contribution in [-0.4, -0.2) is 88.8 Å². The van der Waals surface area contributed by atoms with E-state index >= 15 is 0 Å². The number of hydrogen-bond acceptors (Lipinski definition) is 11. The highest BCUT2D eigenvalue weighted by Gasteiger charge is 2.30. The van der Waals surface area contributed by atoms with Crippen molar-refractivity contribution in [1.82, 2.24) is 16.0 Å². The van der Waals surface area contributed by atoms with Gasteiger partial charge < -0.3 is 25.4 Å². The topological polar surface area (TPSA) is 194 Å². The second-order valence-electron chi connectivity index (χ2n) is 10.3. The summed E-state index contributed by atoms with van der Waals surface area (Å²) in [6.45, 7) is 4.34. The summed E-state index contributed by atoms with van der Waals surface area (Å²) in [5, 5.41) is 8.30. The first kappa shape index (κ1) is 40.1. The van der Waals surface area contributed by atoms with Crippen molar-refractivity contribution in [1.29, 1.82) is 0 Å². The number of nitrogens with zero attached hydrogens (tertiary/aromatic N) is 3. The van der Waals surface area contributed by atoms with Crippen molar-refractivity contribution in [2.75, 3.05) is 52.5 Å². The number of unbranched alkanes of at least 4 members (excludes halogenated alkanes) is 9. The number of carbonyl (C=O) groups excluding carboxylic acids is 6. The predicted octanol–water partition coefficient (Wildman–Crippen LogP) is 3.89. The molecule has 0 heterocycles. The Balaban J connectivity index is 4.73. The highest BCUT2D eigenvalue weighted by Crippen LogP contribution is 2.18. The standard InChI is InChI=1S/C30H50N6O8/c1-2-26(21-43-29(41)35-19-13-7-4-10-16-32-24-38)27(28(40)34-18-12-6-3-9-15-31-23-37)22-44-30(42)36-20-14-8-5-11-17-33-25-39/h26-27H,2-22H2,1H3,(H,34,40)(H,35,41)(H,36,42). The first-order valence-corrected chi connectivity index (χ1v) is 15.7. The monoisotopic (exact) mass is 622 g/mol. The van der Waals surface area contributed by atoms with Gasteiger partial charge in [-0.3, -0.25) is 4.79 Å². The first-order chi connectivity index (χ1) is 21.5. The van der Waals surface area contributed by atoms with E-state index in [9.17, 15) is 28.8 Å².